The Kier molecular flexibility index (Phi) is 3.99. The lowest BCUT2D eigenvalue weighted by molar-refractivity contribution is -0.132. The highest BCUT2D eigenvalue weighted by Gasteiger charge is 2.46. The number of benzene rings is 1. The molecule has 0 bridgehead atoms. The molecule has 0 aliphatic carbocycles. The van der Waals surface area contributed by atoms with Crippen LogP contribution in [0.2, 0.25) is 0 Å². The van der Waals surface area contributed by atoms with Gasteiger partial charge in [0.05, 0.1) is 18.7 Å². The first-order chi connectivity index (χ1) is 11.0. The van der Waals surface area contributed by atoms with Crippen molar-refractivity contribution in [2.45, 2.75) is 0 Å². The van der Waals surface area contributed by atoms with Gasteiger partial charge >= 0.3 is 5.97 Å². The number of nitrogens with one attached hydrogen (secondary N) is 2. The Morgan fingerprint density at radius 3 is 2.70 bits per heavy atom. The van der Waals surface area contributed by atoms with Crippen LogP contribution in [-0.4, -0.2) is 55.1 Å². The normalized spacial score (nSPS) is 25.0. The minimum absolute atomic E-state index is 0.0674. The van der Waals surface area contributed by atoms with Crippen LogP contribution in [0.3, 0.4) is 0 Å². The van der Waals surface area contributed by atoms with Crippen molar-refractivity contribution < 1.29 is 19.1 Å². The lowest BCUT2D eigenvalue weighted by Gasteiger charge is -2.44. The van der Waals surface area contributed by atoms with Gasteiger partial charge in [0, 0.05) is 26.2 Å². The van der Waals surface area contributed by atoms with E-state index in [9.17, 15) is 19.1 Å². The number of quaternary nitrogens is 1. The molecule has 3 N–H and O–H groups in total. The van der Waals surface area contributed by atoms with Crippen molar-refractivity contribution >= 4 is 17.4 Å². The summed E-state index contributed by atoms with van der Waals surface area (Å²) in [6.45, 7) is 2.77. The second-order valence-corrected chi connectivity index (χ2v) is 5.45. The van der Waals surface area contributed by atoms with E-state index in [2.05, 4.69) is 10.7 Å². The van der Waals surface area contributed by atoms with Crippen molar-refractivity contribution in [2.24, 2.45) is 0 Å². The summed E-state index contributed by atoms with van der Waals surface area (Å²) in [5.74, 6) is -2.57. The number of ketones is 1. The zero-order chi connectivity index (χ0) is 16.6. The Balaban J connectivity index is 2.23. The number of piperazine rings is 1. The number of nitrogens with zero attached hydrogens (tertiary/aromatic N) is 2. The van der Waals surface area contributed by atoms with Crippen LogP contribution in [0.5, 0.6) is 0 Å². The van der Waals surface area contributed by atoms with Gasteiger partial charge in [-0.05, 0) is 12.1 Å². The molecule has 2 aliphatic heterocycles. The molecule has 1 atom stereocenters. The van der Waals surface area contributed by atoms with E-state index in [0.717, 1.165) is 19.2 Å². The summed E-state index contributed by atoms with van der Waals surface area (Å²) < 4.78 is 13.5. The third-order valence-corrected chi connectivity index (χ3v) is 4.24. The second-order valence-electron chi connectivity index (χ2n) is 5.45. The number of fused-ring (bicyclic) bond motifs is 1. The van der Waals surface area contributed by atoms with E-state index in [1.165, 1.54) is 18.3 Å². The molecule has 2 heterocycles. The zero-order valence-corrected chi connectivity index (χ0v) is 12.7. The Bertz CT molecular complexity index is 700. The molecule has 0 aromatic heterocycles. The van der Waals surface area contributed by atoms with Crippen molar-refractivity contribution in [3.63, 3.8) is 0 Å². The van der Waals surface area contributed by atoms with Crippen LogP contribution < -0.4 is 15.4 Å². The largest absolute Gasteiger partial charge is 0.477 e. The maximum absolute atomic E-state index is 13.6. The van der Waals surface area contributed by atoms with Crippen LogP contribution in [0.4, 0.5) is 10.1 Å². The molecule has 1 saturated heterocycles. The molecule has 1 fully saturated rings. The quantitative estimate of drug-likeness (QED) is 0.547. The molecule has 1 aromatic carbocycles. The highest BCUT2D eigenvalue weighted by Crippen LogP contribution is 2.35. The molecule has 7 nitrogen and oxygen atoms in total. The number of carbonyl (C=O) groups excluding carboxylic acids is 1. The smallest absolute Gasteiger partial charge is 0.345 e. The van der Waals surface area contributed by atoms with Crippen molar-refractivity contribution in [3.8, 4) is 0 Å². The predicted molar refractivity (Wildman–Crippen MR) is 81.7 cm³/mol. The molecular weight excluding hydrogens is 303 g/mol. The fraction of sp³-hybridized carbons (Fsp3) is 0.333. The lowest BCUT2D eigenvalue weighted by atomic mass is 9.98. The molecule has 0 radical (unpaired) electrons. The number of hydrogen-bond donors (Lipinski definition) is 3. The van der Waals surface area contributed by atoms with Gasteiger partial charge in [-0.3, -0.25) is 4.79 Å². The fourth-order valence-electron chi connectivity index (χ4n) is 3.13. The Labute approximate surface area is 132 Å². The standard InChI is InChI=1S/C15H17FN4O3/c1-17-20(19-6-4-18-5-7-19)9-12(15(22)23)14(21)11-8-10(16)2-3-13(11)20/h2-3,8-9,17-18H,4-7H2,1H3/p+1. The van der Waals surface area contributed by atoms with Gasteiger partial charge in [-0.2, -0.15) is 0 Å². The molecule has 0 amide bonds. The molecule has 1 unspecified atom stereocenters. The number of hydrogen-bond acceptors (Lipinski definition) is 5. The summed E-state index contributed by atoms with van der Waals surface area (Å²) in [6, 6.07) is 3.90. The molecule has 0 saturated carbocycles. The van der Waals surface area contributed by atoms with Crippen molar-refractivity contribution in [1.82, 2.24) is 20.5 Å². The van der Waals surface area contributed by atoms with E-state index in [1.807, 2.05) is 5.01 Å². The highest BCUT2D eigenvalue weighted by atomic mass is 19.1. The third kappa shape index (κ3) is 2.45. The minimum atomic E-state index is -1.32. The average molecular weight is 321 g/mol. The van der Waals surface area contributed by atoms with Gasteiger partial charge in [0.15, 0.2) is 17.5 Å². The predicted octanol–water partition coefficient (Wildman–Crippen LogP) is 0.252. The van der Waals surface area contributed by atoms with Gasteiger partial charge in [-0.25, -0.2) is 9.18 Å². The van der Waals surface area contributed by atoms with Gasteiger partial charge in [0.1, 0.15) is 5.82 Å². The van der Waals surface area contributed by atoms with E-state index in [1.54, 1.807) is 7.05 Å². The maximum Gasteiger partial charge on any atom is 0.345 e. The van der Waals surface area contributed by atoms with E-state index < -0.39 is 17.6 Å². The number of halogens is 1. The number of Topliss-reactive ketones (excluding diaryl/α,β-unsaturated/α-hetero) is 1. The van der Waals surface area contributed by atoms with Crippen LogP contribution in [-0.2, 0) is 4.79 Å². The summed E-state index contributed by atoms with van der Waals surface area (Å²) >= 11 is 0. The van der Waals surface area contributed by atoms with Gasteiger partial charge < -0.3 is 10.4 Å². The zero-order valence-electron chi connectivity index (χ0n) is 12.7. The van der Waals surface area contributed by atoms with Crippen LogP contribution in [0.25, 0.3) is 0 Å². The highest BCUT2D eigenvalue weighted by molar-refractivity contribution is 6.26. The third-order valence-electron chi connectivity index (χ3n) is 4.24. The van der Waals surface area contributed by atoms with Crippen LogP contribution in [0.1, 0.15) is 10.4 Å². The molecule has 0 spiro atoms. The molecule has 8 heteroatoms. The minimum Gasteiger partial charge on any atom is -0.477 e. The van der Waals surface area contributed by atoms with Crippen LogP contribution in [0.15, 0.2) is 30.0 Å². The summed E-state index contributed by atoms with van der Waals surface area (Å²) in [5, 5.41) is 14.6. The van der Waals surface area contributed by atoms with Crippen molar-refractivity contribution in [1.29, 1.82) is 0 Å². The molecule has 23 heavy (non-hydrogen) atoms. The molecule has 3 rings (SSSR count). The van der Waals surface area contributed by atoms with Crippen molar-refractivity contribution in [2.75, 3.05) is 33.2 Å². The first-order valence-corrected chi connectivity index (χ1v) is 7.34. The van der Waals surface area contributed by atoms with Crippen LogP contribution in [0, 0.1) is 5.82 Å². The van der Waals surface area contributed by atoms with E-state index in [0.29, 0.717) is 18.8 Å². The maximum atomic E-state index is 13.6. The molecule has 122 valence electrons. The molecule has 2 aliphatic rings. The van der Waals surface area contributed by atoms with Gasteiger partial charge in [-0.15, -0.1) is 15.1 Å². The number of aliphatic carboxylic acids is 1. The first kappa shape index (κ1) is 15.8. The van der Waals surface area contributed by atoms with E-state index in [-0.39, 0.29) is 15.8 Å². The summed E-state index contributed by atoms with van der Waals surface area (Å²) in [7, 11) is 1.68. The number of carbonyl (C=O) groups is 2. The van der Waals surface area contributed by atoms with E-state index >= 15 is 0 Å². The Morgan fingerprint density at radius 2 is 2.09 bits per heavy atom. The molecule has 1 aromatic rings. The first-order valence-electron chi connectivity index (χ1n) is 7.34. The number of carboxylic acids is 1. The van der Waals surface area contributed by atoms with E-state index in [4.69, 9.17) is 0 Å². The monoisotopic (exact) mass is 321 g/mol. The van der Waals surface area contributed by atoms with Gasteiger partial charge in [-0.1, -0.05) is 0 Å². The second kappa shape index (κ2) is 5.82. The summed E-state index contributed by atoms with van der Waals surface area (Å²) in [5.41, 5.74) is 3.31. The Morgan fingerprint density at radius 1 is 1.39 bits per heavy atom. The van der Waals surface area contributed by atoms with Gasteiger partial charge in [0.25, 0.3) is 0 Å². The average Bonchev–Trinajstić information content (AvgIpc) is 2.56. The number of carboxylic acid groups (broad SMARTS) is 1. The Hall–Kier alpha value is -2.13. The number of rotatable bonds is 3. The van der Waals surface area contributed by atoms with Crippen LogP contribution >= 0.6 is 0 Å². The topological polar surface area (TPSA) is 81.7 Å². The molecular formula is C15H18FN4O3+. The van der Waals surface area contributed by atoms with Crippen molar-refractivity contribution in [3.05, 3.63) is 41.4 Å². The lowest BCUT2D eigenvalue weighted by Crippen LogP contribution is -2.69. The summed E-state index contributed by atoms with van der Waals surface area (Å²) in [6.07, 6.45) is 1.39. The van der Waals surface area contributed by atoms with Gasteiger partial charge in [0.2, 0.25) is 5.78 Å². The fourth-order valence-corrected chi connectivity index (χ4v) is 3.13. The summed E-state index contributed by atoms with van der Waals surface area (Å²) in [4.78, 5) is 23.9. The SMILES string of the molecule is CN[N+]1(N2CCNCC2)C=C(C(=O)O)C(=O)c2cc(F)ccc21.